The molecular weight excluding hydrogens is 368 g/mol. The van der Waals surface area contributed by atoms with E-state index in [1.807, 2.05) is 37.4 Å². The molecular formula is C19H23ClN4OS. The molecule has 1 fully saturated rings. The van der Waals surface area contributed by atoms with Crippen LogP contribution in [0.4, 0.5) is 5.69 Å². The lowest BCUT2D eigenvalue weighted by molar-refractivity contribution is 0.0170. The average molecular weight is 391 g/mol. The summed E-state index contributed by atoms with van der Waals surface area (Å²) in [6.07, 6.45) is 3.71. The third-order valence-electron chi connectivity index (χ3n) is 4.53. The van der Waals surface area contributed by atoms with E-state index in [1.54, 1.807) is 6.20 Å². The normalized spacial score (nSPS) is 16.1. The highest BCUT2D eigenvalue weighted by molar-refractivity contribution is 7.80. The first-order chi connectivity index (χ1) is 12.6. The summed E-state index contributed by atoms with van der Waals surface area (Å²) in [5.74, 6) is 0. The van der Waals surface area contributed by atoms with Crippen LogP contribution in [0.5, 0.6) is 0 Å². The maximum absolute atomic E-state index is 6.18. The number of halogens is 1. The summed E-state index contributed by atoms with van der Waals surface area (Å²) in [5, 5.41) is 7.88. The SMILES string of the molecule is Cc1c(Cl)cccc1NC(=S)NCC(c1cccnc1)N1CCOCC1. The Kier molecular flexibility index (Phi) is 6.80. The van der Waals surface area contributed by atoms with Crippen LogP contribution in [0, 0.1) is 6.92 Å². The van der Waals surface area contributed by atoms with Crippen molar-refractivity contribution in [1.29, 1.82) is 0 Å². The zero-order chi connectivity index (χ0) is 18.4. The number of hydrogen-bond acceptors (Lipinski definition) is 4. The van der Waals surface area contributed by atoms with Crippen molar-refractivity contribution in [2.24, 2.45) is 0 Å². The number of ether oxygens (including phenoxy) is 1. The van der Waals surface area contributed by atoms with Crippen molar-refractivity contribution >= 4 is 34.6 Å². The standard InChI is InChI=1S/C19H23ClN4OS/c1-14-16(20)5-2-6-17(14)23-19(26)22-13-18(15-4-3-7-21-12-15)24-8-10-25-11-9-24/h2-7,12,18H,8-11,13H2,1H3,(H2,22,23,26). The number of aromatic nitrogens is 1. The molecule has 1 aliphatic heterocycles. The Hall–Kier alpha value is -1.73. The minimum Gasteiger partial charge on any atom is -0.379 e. The maximum atomic E-state index is 6.18. The summed E-state index contributed by atoms with van der Waals surface area (Å²) in [6.45, 7) is 5.96. The minimum atomic E-state index is 0.188. The number of benzene rings is 1. The van der Waals surface area contributed by atoms with Gasteiger partial charge in [-0.05, 0) is 48.5 Å². The van der Waals surface area contributed by atoms with Gasteiger partial charge in [-0.3, -0.25) is 9.88 Å². The van der Waals surface area contributed by atoms with Crippen LogP contribution in [-0.2, 0) is 4.74 Å². The monoisotopic (exact) mass is 390 g/mol. The van der Waals surface area contributed by atoms with Gasteiger partial charge in [0, 0.05) is 42.7 Å². The van der Waals surface area contributed by atoms with Gasteiger partial charge in [-0.25, -0.2) is 0 Å². The first kappa shape index (κ1) is 19.0. The molecule has 0 spiro atoms. The second-order valence-corrected chi connectivity index (χ2v) is 7.01. The predicted molar refractivity (Wildman–Crippen MR) is 110 cm³/mol. The quantitative estimate of drug-likeness (QED) is 0.763. The molecule has 1 aromatic carbocycles. The van der Waals surface area contributed by atoms with Gasteiger partial charge >= 0.3 is 0 Å². The fraction of sp³-hybridized carbons (Fsp3) is 0.368. The van der Waals surface area contributed by atoms with Crippen molar-refractivity contribution in [3.63, 3.8) is 0 Å². The molecule has 138 valence electrons. The topological polar surface area (TPSA) is 49.4 Å². The lowest BCUT2D eigenvalue weighted by Crippen LogP contribution is -2.44. The largest absolute Gasteiger partial charge is 0.379 e. The third-order valence-corrected chi connectivity index (χ3v) is 5.18. The number of nitrogens with zero attached hydrogens (tertiary/aromatic N) is 2. The summed E-state index contributed by atoms with van der Waals surface area (Å²) >= 11 is 11.7. The molecule has 2 N–H and O–H groups in total. The summed E-state index contributed by atoms with van der Waals surface area (Å²) in [5.41, 5.74) is 3.07. The summed E-state index contributed by atoms with van der Waals surface area (Å²) in [7, 11) is 0. The molecule has 5 nitrogen and oxygen atoms in total. The van der Waals surface area contributed by atoms with E-state index in [4.69, 9.17) is 28.6 Å². The molecule has 1 saturated heterocycles. The van der Waals surface area contributed by atoms with E-state index < -0.39 is 0 Å². The molecule has 1 atom stereocenters. The second-order valence-electron chi connectivity index (χ2n) is 6.20. The molecule has 0 aliphatic carbocycles. The Morgan fingerprint density at radius 3 is 2.85 bits per heavy atom. The van der Waals surface area contributed by atoms with E-state index in [9.17, 15) is 0 Å². The molecule has 1 aliphatic rings. The van der Waals surface area contributed by atoms with Crippen LogP contribution in [0.3, 0.4) is 0 Å². The average Bonchev–Trinajstić information content (AvgIpc) is 2.67. The Bertz CT molecular complexity index is 738. The molecule has 26 heavy (non-hydrogen) atoms. The molecule has 1 unspecified atom stereocenters. The van der Waals surface area contributed by atoms with E-state index in [0.717, 1.165) is 42.6 Å². The van der Waals surface area contributed by atoms with Crippen LogP contribution in [0.25, 0.3) is 0 Å². The molecule has 2 heterocycles. The van der Waals surface area contributed by atoms with Gasteiger partial charge in [0.2, 0.25) is 0 Å². The number of rotatable bonds is 5. The number of thiocarbonyl (C=S) groups is 1. The maximum Gasteiger partial charge on any atom is 0.170 e. The molecule has 0 saturated carbocycles. The van der Waals surface area contributed by atoms with Gasteiger partial charge in [-0.1, -0.05) is 23.7 Å². The molecule has 3 rings (SSSR count). The van der Waals surface area contributed by atoms with Crippen LogP contribution in [0.1, 0.15) is 17.2 Å². The summed E-state index contributed by atoms with van der Waals surface area (Å²) in [4.78, 5) is 6.67. The van der Waals surface area contributed by atoms with E-state index >= 15 is 0 Å². The summed E-state index contributed by atoms with van der Waals surface area (Å²) in [6, 6.07) is 10.0. The number of anilines is 1. The second kappa shape index (κ2) is 9.28. The van der Waals surface area contributed by atoms with Crippen LogP contribution in [0.15, 0.2) is 42.7 Å². The van der Waals surface area contributed by atoms with Gasteiger partial charge in [0.15, 0.2) is 5.11 Å². The van der Waals surface area contributed by atoms with Crippen LogP contribution < -0.4 is 10.6 Å². The third kappa shape index (κ3) is 4.92. The molecule has 7 heteroatoms. The van der Waals surface area contributed by atoms with Crippen LogP contribution >= 0.6 is 23.8 Å². The van der Waals surface area contributed by atoms with Crippen molar-refractivity contribution in [3.05, 3.63) is 58.9 Å². The number of hydrogen-bond donors (Lipinski definition) is 2. The van der Waals surface area contributed by atoms with Crippen molar-refractivity contribution < 1.29 is 4.74 Å². The highest BCUT2D eigenvalue weighted by atomic mass is 35.5. The van der Waals surface area contributed by atoms with E-state index in [2.05, 4.69) is 26.6 Å². The number of pyridine rings is 1. The molecule has 2 aromatic rings. The Morgan fingerprint density at radius 2 is 2.12 bits per heavy atom. The Labute approximate surface area is 164 Å². The smallest absolute Gasteiger partial charge is 0.170 e. The number of nitrogens with one attached hydrogen (secondary N) is 2. The first-order valence-electron chi connectivity index (χ1n) is 8.67. The summed E-state index contributed by atoms with van der Waals surface area (Å²) < 4.78 is 5.49. The number of morpholine rings is 1. The van der Waals surface area contributed by atoms with Crippen molar-refractivity contribution in [3.8, 4) is 0 Å². The van der Waals surface area contributed by atoms with Crippen LogP contribution in [-0.4, -0.2) is 47.8 Å². The van der Waals surface area contributed by atoms with Gasteiger partial charge in [0.25, 0.3) is 0 Å². The zero-order valence-corrected chi connectivity index (χ0v) is 16.3. The Morgan fingerprint density at radius 1 is 1.31 bits per heavy atom. The predicted octanol–water partition coefficient (Wildman–Crippen LogP) is 3.40. The van der Waals surface area contributed by atoms with E-state index in [0.29, 0.717) is 11.7 Å². The van der Waals surface area contributed by atoms with Gasteiger partial charge in [-0.15, -0.1) is 0 Å². The molecule has 0 bridgehead atoms. The lowest BCUT2D eigenvalue weighted by atomic mass is 10.1. The highest BCUT2D eigenvalue weighted by Gasteiger charge is 2.23. The molecule has 1 aromatic heterocycles. The van der Waals surface area contributed by atoms with E-state index in [1.165, 1.54) is 5.56 Å². The fourth-order valence-corrected chi connectivity index (χ4v) is 3.39. The van der Waals surface area contributed by atoms with Crippen molar-refractivity contribution in [1.82, 2.24) is 15.2 Å². The Balaban J connectivity index is 1.65. The van der Waals surface area contributed by atoms with Gasteiger partial charge in [-0.2, -0.15) is 0 Å². The van der Waals surface area contributed by atoms with Gasteiger partial charge in [0.1, 0.15) is 0 Å². The van der Waals surface area contributed by atoms with Gasteiger partial charge in [0.05, 0.1) is 19.3 Å². The zero-order valence-electron chi connectivity index (χ0n) is 14.7. The minimum absolute atomic E-state index is 0.188. The van der Waals surface area contributed by atoms with Crippen LogP contribution in [0.2, 0.25) is 5.02 Å². The van der Waals surface area contributed by atoms with Gasteiger partial charge < -0.3 is 15.4 Å². The highest BCUT2D eigenvalue weighted by Crippen LogP contribution is 2.23. The lowest BCUT2D eigenvalue weighted by Gasteiger charge is -2.35. The molecule has 0 amide bonds. The van der Waals surface area contributed by atoms with Crippen molar-refractivity contribution in [2.45, 2.75) is 13.0 Å². The fourth-order valence-electron chi connectivity index (χ4n) is 3.02. The molecule has 0 radical (unpaired) electrons. The first-order valence-corrected chi connectivity index (χ1v) is 9.45. The van der Waals surface area contributed by atoms with E-state index in [-0.39, 0.29) is 6.04 Å². The van der Waals surface area contributed by atoms with Crippen molar-refractivity contribution in [2.75, 3.05) is 38.2 Å².